The molecule has 0 saturated carbocycles. The number of hydroxylamine groups is 2. The van der Waals surface area contributed by atoms with Gasteiger partial charge in [-0.05, 0) is 36.4 Å². The first-order valence-corrected chi connectivity index (χ1v) is 5.82. The second-order valence-electron chi connectivity index (χ2n) is 3.43. The van der Waals surface area contributed by atoms with Crippen LogP contribution in [0.2, 0.25) is 0 Å². The molecule has 1 saturated heterocycles. The molecule has 80 valence electrons. The lowest BCUT2D eigenvalue weighted by molar-refractivity contribution is -0.162. The van der Waals surface area contributed by atoms with Gasteiger partial charge in [-0.2, -0.15) is 0 Å². The van der Waals surface area contributed by atoms with Gasteiger partial charge < -0.3 is 0 Å². The number of carbonyl (C=O) groups excluding carboxylic acids is 1. The van der Waals surface area contributed by atoms with Crippen molar-refractivity contribution in [3.8, 4) is 0 Å². The molecular formula is C11H13NO2S. The van der Waals surface area contributed by atoms with Gasteiger partial charge in [0, 0.05) is 11.0 Å². The Balaban J connectivity index is 1.99. The molecule has 3 nitrogen and oxygen atoms in total. The molecule has 1 fully saturated rings. The van der Waals surface area contributed by atoms with Gasteiger partial charge in [-0.25, -0.2) is 5.06 Å². The molecule has 0 N–H and O–H groups in total. The molecule has 4 heteroatoms. The van der Waals surface area contributed by atoms with Gasteiger partial charge in [-0.3, -0.25) is 9.63 Å². The molecule has 15 heavy (non-hydrogen) atoms. The molecule has 0 aliphatic carbocycles. The fourth-order valence-electron chi connectivity index (χ4n) is 1.41. The SMILES string of the molecule is Cc1ccsc1/C=C/C(=O)N1CCCO1. The Bertz CT molecular complexity index is 378. The molecule has 0 unspecified atom stereocenters. The van der Waals surface area contributed by atoms with Gasteiger partial charge in [0.1, 0.15) is 0 Å². The maximum Gasteiger partial charge on any atom is 0.270 e. The summed E-state index contributed by atoms with van der Waals surface area (Å²) in [7, 11) is 0. The summed E-state index contributed by atoms with van der Waals surface area (Å²) in [6.45, 7) is 3.39. The van der Waals surface area contributed by atoms with Crippen LogP contribution < -0.4 is 0 Å². The molecule has 0 bridgehead atoms. The zero-order valence-electron chi connectivity index (χ0n) is 8.60. The third kappa shape index (κ3) is 2.46. The van der Waals surface area contributed by atoms with E-state index in [2.05, 4.69) is 0 Å². The van der Waals surface area contributed by atoms with Crippen molar-refractivity contribution in [2.75, 3.05) is 13.2 Å². The quantitative estimate of drug-likeness (QED) is 0.720. The molecule has 0 aromatic carbocycles. The number of hydrogen-bond donors (Lipinski definition) is 0. The van der Waals surface area contributed by atoms with Gasteiger partial charge in [0.15, 0.2) is 0 Å². The van der Waals surface area contributed by atoms with Crippen molar-refractivity contribution in [3.05, 3.63) is 28.0 Å². The number of hydrogen-bond acceptors (Lipinski definition) is 3. The van der Waals surface area contributed by atoms with Crippen LogP contribution in [0.5, 0.6) is 0 Å². The van der Waals surface area contributed by atoms with Crippen molar-refractivity contribution in [2.45, 2.75) is 13.3 Å². The minimum atomic E-state index is -0.0692. The average Bonchev–Trinajstić information content (AvgIpc) is 2.85. The highest BCUT2D eigenvalue weighted by molar-refractivity contribution is 7.11. The van der Waals surface area contributed by atoms with Crippen molar-refractivity contribution >= 4 is 23.3 Å². The highest BCUT2D eigenvalue weighted by Gasteiger charge is 2.16. The number of amides is 1. The second kappa shape index (κ2) is 4.59. The van der Waals surface area contributed by atoms with Gasteiger partial charge in [0.2, 0.25) is 0 Å². The first kappa shape index (κ1) is 10.4. The van der Waals surface area contributed by atoms with E-state index in [1.807, 2.05) is 24.4 Å². The summed E-state index contributed by atoms with van der Waals surface area (Å²) in [6, 6.07) is 2.04. The Labute approximate surface area is 92.9 Å². The lowest BCUT2D eigenvalue weighted by Gasteiger charge is -2.10. The molecule has 0 atom stereocenters. The normalized spacial score (nSPS) is 16.5. The van der Waals surface area contributed by atoms with Crippen LogP contribution in [-0.2, 0) is 9.63 Å². The summed E-state index contributed by atoms with van der Waals surface area (Å²) >= 11 is 1.64. The predicted molar refractivity (Wildman–Crippen MR) is 60.4 cm³/mol. The maximum absolute atomic E-state index is 11.6. The van der Waals surface area contributed by atoms with Gasteiger partial charge in [0.05, 0.1) is 13.2 Å². The first-order valence-electron chi connectivity index (χ1n) is 4.94. The summed E-state index contributed by atoms with van der Waals surface area (Å²) in [6.07, 6.45) is 4.35. The van der Waals surface area contributed by atoms with Gasteiger partial charge in [-0.15, -0.1) is 11.3 Å². The van der Waals surface area contributed by atoms with Crippen LogP contribution in [-0.4, -0.2) is 24.1 Å². The third-order valence-corrected chi connectivity index (χ3v) is 3.26. The molecular weight excluding hydrogens is 210 g/mol. The third-order valence-electron chi connectivity index (χ3n) is 2.28. The van der Waals surface area contributed by atoms with Crippen LogP contribution in [0.3, 0.4) is 0 Å². The lowest BCUT2D eigenvalue weighted by atomic mass is 10.3. The van der Waals surface area contributed by atoms with E-state index >= 15 is 0 Å². The Morgan fingerprint density at radius 2 is 2.53 bits per heavy atom. The fraction of sp³-hybridized carbons (Fsp3) is 0.364. The number of carbonyl (C=O) groups is 1. The van der Waals surface area contributed by atoms with Gasteiger partial charge in [0.25, 0.3) is 5.91 Å². The highest BCUT2D eigenvalue weighted by Crippen LogP contribution is 2.17. The Morgan fingerprint density at radius 3 is 3.13 bits per heavy atom. The van der Waals surface area contributed by atoms with Crippen LogP contribution in [0.25, 0.3) is 6.08 Å². The molecule has 0 spiro atoms. The molecule has 2 rings (SSSR count). The average molecular weight is 223 g/mol. The number of aryl methyl sites for hydroxylation is 1. The Kier molecular flexibility index (Phi) is 3.18. The molecule has 1 amide bonds. The van der Waals surface area contributed by atoms with Gasteiger partial charge >= 0.3 is 0 Å². The predicted octanol–water partition coefficient (Wildman–Crippen LogP) is 2.23. The van der Waals surface area contributed by atoms with Crippen molar-refractivity contribution in [1.29, 1.82) is 0 Å². The van der Waals surface area contributed by atoms with E-state index in [0.717, 1.165) is 11.3 Å². The van der Waals surface area contributed by atoms with E-state index in [1.165, 1.54) is 10.6 Å². The van der Waals surface area contributed by atoms with Crippen molar-refractivity contribution in [2.24, 2.45) is 0 Å². The van der Waals surface area contributed by atoms with Crippen molar-refractivity contribution in [1.82, 2.24) is 5.06 Å². The smallest absolute Gasteiger partial charge is 0.270 e. The number of rotatable bonds is 2. The zero-order valence-corrected chi connectivity index (χ0v) is 9.42. The molecule has 1 aliphatic rings. The number of nitrogens with zero attached hydrogens (tertiary/aromatic N) is 1. The molecule has 2 heterocycles. The van der Waals surface area contributed by atoms with Crippen LogP contribution in [0.15, 0.2) is 17.5 Å². The van der Waals surface area contributed by atoms with E-state index in [-0.39, 0.29) is 5.91 Å². The van der Waals surface area contributed by atoms with Crippen LogP contribution in [0, 0.1) is 6.92 Å². The highest BCUT2D eigenvalue weighted by atomic mass is 32.1. The zero-order chi connectivity index (χ0) is 10.7. The van der Waals surface area contributed by atoms with Crippen LogP contribution in [0.1, 0.15) is 16.9 Å². The van der Waals surface area contributed by atoms with E-state index < -0.39 is 0 Å². The lowest BCUT2D eigenvalue weighted by Crippen LogP contribution is -2.24. The maximum atomic E-state index is 11.6. The van der Waals surface area contributed by atoms with Crippen LogP contribution >= 0.6 is 11.3 Å². The standard InChI is InChI=1S/C11H13NO2S/c1-9-5-8-15-10(9)3-4-11(13)12-6-2-7-14-12/h3-5,8H,2,6-7H2,1H3/b4-3+. The Morgan fingerprint density at radius 1 is 1.67 bits per heavy atom. The molecule has 1 aliphatic heterocycles. The van der Waals surface area contributed by atoms with Crippen LogP contribution in [0.4, 0.5) is 0 Å². The topological polar surface area (TPSA) is 29.5 Å². The fourth-order valence-corrected chi connectivity index (χ4v) is 2.23. The van der Waals surface area contributed by atoms with Crippen molar-refractivity contribution in [3.63, 3.8) is 0 Å². The summed E-state index contributed by atoms with van der Waals surface area (Å²) in [5.41, 5.74) is 1.20. The monoisotopic (exact) mass is 223 g/mol. The van der Waals surface area contributed by atoms with E-state index in [0.29, 0.717) is 13.2 Å². The molecule has 0 radical (unpaired) electrons. The van der Waals surface area contributed by atoms with E-state index in [9.17, 15) is 4.79 Å². The Hall–Kier alpha value is -1.13. The summed E-state index contributed by atoms with van der Waals surface area (Å²) in [5, 5.41) is 3.44. The first-order chi connectivity index (χ1) is 7.27. The van der Waals surface area contributed by atoms with E-state index in [1.54, 1.807) is 17.4 Å². The minimum Gasteiger partial charge on any atom is -0.271 e. The summed E-state index contributed by atoms with van der Waals surface area (Å²) in [4.78, 5) is 17.8. The number of thiophene rings is 1. The summed E-state index contributed by atoms with van der Waals surface area (Å²) < 4.78 is 0. The summed E-state index contributed by atoms with van der Waals surface area (Å²) in [5.74, 6) is -0.0692. The second-order valence-corrected chi connectivity index (χ2v) is 4.38. The molecule has 1 aromatic heterocycles. The molecule has 1 aromatic rings. The largest absolute Gasteiger partial charge is 0.271 e. The minimum absolute atomic E-state index is 0.0692. The van der Waals surface area contributed by atoms with E-state index in [4.69, 9.17) is 4.84 Å². The van der Waals surface area contributed by atoms with Gasteiger partial charge in [-0.1, -0.05) is 0 Å². The van der Waals surface area contributed by atoms with Crippen molar-refractivity contribution < 1.29 is 9.63 Å².